The Kier molecular flexibility index (Phi) is 5.53. The van der Waals surface area contributed by atoms with Crippen LogP contribution in [0, 0.1) is 5.92 Å². The van der Waals surface area contributed by atoms with Crippen molar-refractivity contribution in [1.29, 1.82) is 0 Å². The zero-order valence-electron chi connectivity index (χ0n) is 15.4. The van der Waals surface area contributed by atoms with Crippen LogP contribution in [-0.4, -0.2) is 41.3 Å². The third-order valence-corrected chi connectivity index (χ3v) is 6.72. The number of carbonyl (C=O) groups is 2. The summed E-state index contributed by atoms with van der Waals surface area (Å²) in [7, 11) is 0. The van der Waals surface area contributed by atoms with Gasteiger partial charge in [-0.2, -0.15) is 0 Å². The number of fused-ring (bicyclic) bond motifs is 1. The Labute approximate surface area is 163 Å². The van der Waals surface area contributed by atoms with Gasteiger partial charge in [-0.05, 0) is 61.8 Å². The van der Waals surface area contributed by atoms with E-state index in [-0.39, 0.29) is 17.7 Å². The van der Waals surface area contributed by atoms with Gasteiger partial charge in [-0.15, -0.1) is 11.3 Å². The molecule has 4 rings (SSSR count). The van der Waals surface area contributed by atoms with E-state index in [0.29, 0.717) is 6.54 Å². The molecule has 0 spiro atoms. The number of nitrogens with zero attached hydrogens (tertiary/aromatic N) is 2. The highest BCUT2D eigenvalue weighted by Crippen LogP contribution is 2.33. The second kappa shape index (κ2) is 8.21. The Hall–Kier alpha value is -2.21. The van der Waals surface area contributed by atoms with Crippen LogP contribution in [0.5, 0.6) is 0 Å². The summed E-state index contributed by atoms with van der Waals surface area (Å²) >= 11 is 1.63. The predicted octanol–water partition coefficient (Wildman–Crippen LogP) is 2.84. The van der Waals surface area contributed by atoms with Crippen LogP contribution in [0.2, 0.25) is 0 Å². The SMILES string of the molecule is O=C(NCCc1cccnc1)[C@@H]1CCc2sc(C(=O)N3CCCC3)cc2C1. The molecule has 0 radical (unpaired) electrons. The van der Waals surface area contributed by atoms with Crippen molar-refractivity contribution in [2.75, 3.05) is 19.6 Å². The molecular formula is C21H25N3O2S. The van der Waals surface area contributed by atoms with Gasteiger partial charge in [0, 0.05) is 42.8 Å². The van der Waals surface area contributed by atoms with E-state index < -0.39 is 0 Å². The van der Waals surface area contributed by atoms with Crippen LogP contribution < -0.4 is 5.32 Å². The fraction of sp³-hybridized carbons (Fsp3) is 0.476. The minimum absolute atomic E-state index is 0.00994. The van der Waals surface area contributed by atoms with Crippen molar-refractivity contribution in [3.8, 4) is 0 Å². The first-order valence-electron chi connectivity index (χ1n) is 9.78. The number of hydrogen-bond donors (Lipinski definition) is 1. The van der Waals surface area contributed by atoms with Crippen molar-refractivity contribution >= 4 is 23.2 Å². The van der Waals surface area contributed by atoms with Gasteiger partial charge in [-0.1, -0.05) is 6.07 Å². The molecule has 3 heterocycles. The number of rotatable bonds is 5. The number of thiophene rings is 1. The molecule has 1 aliphatic heterocycles. The highest BCUT2D eigenvalue weighted by molar-refractivity contribution is 7.14. The van der Waals surface area contributed by atoms with Crippen molar-refractivity contribution in [3.63, 3.8) is 0 Å². The van der Waals surface area contributed by atoms with Crippen molar-refractivity contribution < 1.29 is 9.59 Å². The van der Waals surface area contributed by atoms with E-state index in [4.69, 9.17) is 0 Å². The molecule has 142 valence electrons. The Balaban J connectivity index is 1.32. The molecule has 1 aliphatic carbocycles. The van der Waals surface area contributed by atoms with Gasteiger partial charge in [0.2, 0.25) is 5.91 Å². The van der Waals surface area contributed by atoms with Gasteiger partial charge in [0.15, 0.2) is 0 Å². The number of hydrogen-bond acceptors (Lipinski definition) is 4. The standard InChI is InChI=1S/C21H25N3O2S/c25-20(23-9-7-15-4-3-8-22-14-15)16-5-6-18-17(12-16)13-19(27-18)21(26)24-10-1-2-11-24/h3-4,8,13-14,16H,1-2,5-7,9-12H2,(H,23,25)/t16-/m1/s1. The number of pyridine rings is 1. The van der Waals surface area contributed by atoms with Gasteiger partial charge in [0.25, 0.3) is 5.91 Å². The summed E-state index contributed by atoms with van der Waals surface area (Å²) in [6.07, 6.45) is 9.12. The minimum Gasteiger partial charge on any atom is -0.356 e. The molecule has 2 amide bonds. The lowest BCUT2D eigenvalue weighted by Gasteiger charge is -2.21. The number of carbonyl (C=O) groups excluding carboxylic acids is 2. The first kappa shape index (κ1) is 18.2. The van der Waals surface area contributed by atoms with Gasteiger partial charge in [0.05, 0.1) is 4.88 Å². The fourth-order valence-corrected chi connectivity index (χ4v) is 5.13. The molecule has 2 aromatic rings. The van der Waals surface area contributed by atoms with E-state index in [1.165, 1.54) is 10.4 Å². The van der Waals surface area contributed by atoms with E-state index in [1.54, 1.807) is 17.5 Å². The number of amides is 2. The third kappa shape index (κ3) is 4.21. The zero-order chi connectivity index (χ0) is 18.6. The summed E-state index contributed by atoms with van der Waals surface area (Å²) < 4.78 is 0. The van der Waals surface area contributed by atoms with Crippen LogP contribution in [0.1, 0.15) is 44.9 Å². The predicted molar refractivity (Wildman–Crippen MR) is 106 cm³/mol. The first-order valence-corrected chi connectivity index (χ1v) is 10.6. The third-order valence-electron chi connectivity index (χ3n) is 5.49. The summed E-state index contributed by atoms with van der Waals surface area (Å²) in [5.74, 6) is 0.309. The molecule has 0 aromatic carbocycles. The molecule has 6 heteroatoms. The van der Waals surface area contributed by atoms with Gasteiger partial charge in [-0.3, -0.25) is 14.6 Å². The van der Waals surface area contributed by atoms with Crippen LogP contribution in [0.4, 0.5) is 0 Å². The highest BCUT2D eigenvalue weighted by Gasteiger charge is 2.28. The van der Waals surface area contributed by atoms with Gasteiger partial charge in [-0.25, -0.2) is 0 Å². The van der Waals surface area contributed by atoms with Crippen LogP contribution in [0.15, 0.2) is 30.6 Å². The minimum atomic E-state index is 0.00994. The molecule has 0 unspecified atom stereocenters. The number of likely N-dealkylation sites (tertiary alicyclic amines) is 1. The normalized spacial score (nSPS) is 19.0. The van der Waals surface area contributed by atoms with Crippen LogP contribution in [0.25, 0.3) is 0 Å². The molecule has 5 nitrogen and oxygen atoms in total. The summed E-state index contributed by atoms with van der Waals surface area (Å²) in [6.45, 7) is 2.39. The Bertz CT molecular complexity index is 812. The average molecular weight is 384 g/mol. The summed E-state index contributed by atoms with van der Waals surface area (Å²) in [5.41, 5.74) is 2.33. The second-order valence-corrected chi connectivity index (χ2v) is 8.54. The lowest BCUT2D eigenvalue weighted by Crippen LogP contribution is -2.34. The van der Waals surface area contributed by atoms with Gasteiger partial charge in [0.1, 0.15) is 0 Å². The van der Waals surface area contributed by atoms with E-state index in [0.717, 1.165) is 62.1 Å². The summed E-state index contributed by atoms with van der Waals surface area (Å²) in [5, 5.41) is 3.07. The molecule has 0 bridgehead atoms. The molecule has 1 fully saturated rings. The fourth-order valence-electron chi connectivity index (χ4n) is 3.95. The van der Waals surface area contributed by atoms with Crippen LogP contribution in [0.3, 0.4) is 0 Å². The van der Waals surface area contributed by atoms with E-state index in [1.807, 2.05) is 29.3 Å². The molecule has 0 saturated carbocycles. The van der Waals surface area contributed by atoms with Crippen LogP contribution in [-0.2, 0) is 24.1 Å². The molecule has 2 aliphatic rings. The van der Waals surface area contributed by atoms with Crippen molar-refractivity contribution in [2.24, 2.45) is 5.92 Å². The number of aromatic nitrogens is 1. The van der Waals surface area contributed by atoms with E-state index in [2.05, 4.69) is 10.3 Å². The Morgan fingerprint density at radius 1 is 1.30 bits per heavy atom. The van der Waals surface area contributed by atoms with Crippen LogP contribution >= 0.6 is 11.3 Å². The molecule has 27 heavy (non-hydrogen) atoms. The number of nitrogens with one attached hydrogen (secondary N) is 1. The lowest BCUT2D eigenvalue weighted by atomic mass is 9.87. The molecule has 1 atom stereocenters. The average Bonchev–Trinajstić information content (AvgIpc) is 3.37. The van der Waals surface area contributed by atoms with E-state index in [9.17, 15) is 9.59 Å². The highest BCUT2D eigenvalue weighted by atomic mass is 32.1. The zero-order valence-corrected chi connectivity index (χ0v) is 16.3. The van der Waals surface area contributed by atoms with Crippen molar-refractivity contribution in [3.05, 3.63) is 51.5 Å². The smallest absolute Gasteiger partial charge is 0.263 e. The Morgan fingerprint density at radius 3 is 2.93 bits per heavy atom. The summed E-state index contributed by atoms with van der Waals surface area (Å²) in [4.78, 5) is 33.4. The number of aryl methyl sites for hydroxylation is 1. The maximum Gasteiger partial charge on any atom is 0.263 e. The molecule has 2 aromatic heterocycles. The first-order chi connectivity index (χ1) is 13.2. The van der Waals surface area contributed by atoms with Gasteiger partial charge >= 0.3 is 0 Å². The second-order valence-electron chi connectivity index (χ2n) is 7.40. The Morgan fingerprint density at radius 2 is 2.15 bits per heavy atom. The maximum atomic E-state index is 12.6. The summed E-state index contributed by atoms with van der Waals surface area (Å²) in [6, 6.07) is 5.98. The molecule has 1 N–H and O–H groups in total. The lowest BCUT2D eigenvalue weighted by molar-refractivity contribution is -0.125. The molecule has 1 saturated heterocycles. The van der Waals surface area contributed by atoms with Gasteiger partial charge < -0.3 is 10.2 Å². The largest absolute Gasteiger partial charge is 0.356 e. The van der Waals surface area contributed by atoms with E-state index >= 15 is 0 Å². The van der Waals surface area contributed by atoms with Crippen molar-refractivity contribution in [2.45, 2.75) is 38.5 Å². The quantitative estimate of drug-likeness (QED) is 0.864. The monoisotopic (exact) mass is 383 g/mol. The topological polar surface area (TPSA) is 62.3 Å². The molecular weight excluding hydrogens is 358 g/mol. The maximum absolute atomic E-state index is 12.6. The van der Waals surface area contributed by atoms with Crippen molar-refractivity contribution in [1.82, 2.24) is 15.2 Å².